The van der Waals surface area contributed by atoms with Crippen LogP contribution in [-0.4, -0.2) is 21.1 Å². The predicted molar refractivity (Wildman–Crippen MR) is 85.1 cm³/mol. The number of hydrogen-bond donors (Lipinski definition) is 3. The summed E-state index contributed by atoms with van der Waals surface area (Å²) in [5.41, 5.74) is 8.24. The molecule has 0 aliphatic heterocycles. The Bertz CT molecular complexity index is 842. The summed E-state index contributed by atoms with van der Waals surface area (Å²) in [4.78, 5) is 16.5. The van der Waals surface area contributed by atoms with E-state index in [4.69, 9.17) is 5.73 Å². The molecule has 0 radical (unpaired) electrons. The van der Waals surface area contributed by atoms with E-state index in [0.29, 0.717) is 22.6 Å². The molecular formula is C14H12BrN5O. The van der Waals surface area contributed by atoms with Gasteiger partial charge in [-0.1, -0.05) is 0 Å². The van der Waals surface area contributed by atoms with E-state index in [1.54, 1.807) is 24.4 Å². The lowest BCUT2D eigenvalue weighted by Crippen LogP contribution is -2.14. The van der Waals surface area contributed by atoms with Crippen LogP contribution in [0.25, 0.3) is 10.9 Å². The third-order valence-corrected chi connectivity index (χ3v) is 3.51. The number of benzene rings is 1. The quantitative estimate of drug-likeness (QED) is 0.622. The Hall–Kier alpha value is -2.41. The van der Waals surface area contributed by atoms with Gasteiger partial charge in [0.25, 0.3) is 5.91 Å². The molecule has 2 heterocycles. The fourth-order valence-corrected chi connectivity index (χ4v) is 2.49. The van der Waals surface area contributed by atoms with Crippen molar-refractivity contribution < 1.29 is 4.79 Å². The van der Waals surface area contributed by atoms with E-state index in [-0.39, 0.29) is 5.91 Å². The number of hydrogen-bond acceptors (Lipinski definition) is 4. The summed E-state index contributed by atoms with van der Waals surface area (Å²) < 4.78 is 0.857. The zero-order valence-corrected chi connectivity index (χ0v) is 12.7. The number of halogens is 1. The van der Waals surface area contributed by atoms with E-state index in [0.717, 1.165) is 15.6 Å². The highest BCUT2D eigenvalue weighted by molar-refractivity contribution is 9.10. The Labute approximate surface area is 128 Å². The second-order valence-corrected chi connectivity index (χ2v) is 5.57. The number of aryl methyl sites for hydroxylation is 1. The van der Waals surface area contributed by atoms with Gasteiger partial charge in [0.15, 0.2) is 5.69 Å². The Morgan fingerprint density at radius 1 is 1.38 bits per heavy atom. The number of nitrogens with two attached hydrogens (primary N) is 1. The number of H-pyrrole nitrogens is 1. The highest BCUT2D eigenvalue weighted by Crippen LogP contribution is 2.21. The van der Waals surface area contributed by atoms with Crippen molar-refractivity contribution in [3.63, 3.8) is 0 Å². The Morgan fingerprint density at radius 3 is 2.95 bits per heavy atom. The van der Waals surface area contributed by atoms with Crippen molar-refractivity contribution in [2.75, 3.05) is 11.1 Å². The van der Waals surface area contributed by atoms with Crippen molar-refractivity contribution >= 4 is 44.2 Å². The standard InChI is InChI=1S/C14H12BrN5O/c1-7-4-8(15)6-17-13(7)18-14(21)12-10-5-9(16)2-3-11(10)19-20-12/h2-6H,16H2,1H3,(H,19,20)(H,17,18,21). The number of nitrogens with one attached hydrogen (secondary N) is 2. The van der Waals surface area contributed by atoms with Crippen LogP contribution in [0.4, 0.5) is 11.5 Å². The number of fused-ring (bicyclic) bond motifs is 1. The van der Waals surface area contributed by atoms with Gasteiger partial charge in [-0.25, -0.2) is 4.98 Å². The molecule has 1 amide bonds. The first-order valence-corrected chi connectivity index (χ1v) is 7.01. The van der Waals surface area contributed by atoms with E-state index in [1.165, 1.54) is 0 Å². The molecule has 0 spiro atoms. The first-order chi connectivity index (χ1) is 10.0. The first-order valence-electron chi connectivity index (χ1n) is 6.21. The highest BCUT2D eigenvalue weighted by Gasteiger charge is 2.16. The molecule has 21 heavy (non-hydrogen) atoms. The zero-order valence-electron chi connectivity index (χ0n) is 11.1. The van der Waals surface area contributed by atoms with Gasteiger partial charge in [-0.15, -0.1) is 0 Å². The van der Waals surface area contributed by atoms with Crippen LogP contribution in [-0.2, 0) is 0 Å². The molecule has 6 nitrogen and oxygen atoms in total. The fraction of sp³-hybridized carbons (Fsp3) is 0.0714. The highest BCUT2D eigenvalue weighted by atomic mass is 79.9. The van der Waals surface area contributed by atoms with Crippen LogP contribution in [0.3, 0.4) is 0 Å². The SMILES string of the molecule is Cc1cc(Br)cnc1NC(=O)c1n[nH]c2ccc(N)cc12. The maximum atomic E-state index is 12.4. The van der Waals surface area contributed by atoms with Crippen molar-refractivity contribution in [1.29, 1.82) is 0 Å². The first kappa shape index (κ1) is 13.6. The molecule has 0 unspecified atom stereocenters. The third kappa shape index (κ3) is 2.59. The van der Waals surface area contributed by atoms with Gasteiger partial charge in [0.1, 0.15) is 5.82 Å². The molecule has 0 bridgehead atoms. The summed E-state index contributed by atoms with van der Waals surface area (Å²) >= 11 is 3.34. The Morgan fingerprint density at radius 2 is 2.19 bits per heavy atom. The van der Waals surface area contributed by atoms with Crippen LogP contribution >= 0.6 is 15.9 Å². The number of aromatic nitrogens is 3. The van der Waals surface area contributed by atoms with Gasteiger partial charge < -0.3 is 11.1 Å². The molecule has 2 aromatic heterocycles. The average Bonchev–Trinajstić information content (AvgIpc) is 2.85. The van der Waals surface area contributed by atoms with Crippen molar-refractivity contribution in [2.45, 2.75) is 6.92 Å². The van der Waals surface area contributed by atoms with Crippen molar-refractivity contribution in [2.24, 2.45) is 0 Å². The maximum absolute atomic E-state index is 12.4. The second-order valence-electron chi connectivity index (χ2n) is 4.65. The van der Waals surface area contributed by atoms with E-state index >= 15 is 0 Å². The van der Waals surface area contributed by atoms with Gasteiger partial charge in [-0.3, -0.25) is 9.89 Å². The fourth-order valence-electron chi connectivity index (χ4n) is 2.04. The number of pyridine rings is 1. The molecule has 0 saturated carbocycles. The molecule has 0 aliphatic rings. The van der Waals surface area contributed by atoms with Gasteiger partial charge >= 0.3 is 0 Å². The number of nitrogen functional groups attached to an aromatic ring is 1. The van der Waals surface area contributed by atoms with Crippen molar-refractivity contribution in [1.82, 2.24) is 15.2 Å². The third-order valence-electron chi connectivity index (χ3n) is 3.08. The lowest BCUT2D eigenvalue weighted by molar-refractivity contribution is 0.102. The molecule has 0 atom stereocenters. The van der Waals surface area contributed by atoms with Crippen molar-refractivity contribution in [3.05, 3.63) is 46.2 Å². The van der Waals surface area contributed by atoms with E-state index in [2.05, 4.69) is 36.4 Å². The molecule has 3 rings (SSSR count). The summed E-state index contributed by atoms with van der Waals surface area (Å²) in [5.74, 6) is 0.174. The molecule has 3 aromatic rings. The van der Waals surface area contributed by atoms with Gasteiger partial charge in [0.05, 0.1) is 5.52 Å². The number of aromatic amines is 1. The van der Waals surface area contributed by atoms with Crippen LogP contribution in [0.5, 0.6) is 0 Å². The Balaban J connectivity index is 1.95. The number of carbonyl (C=O) groups excluding carboxylic acids is 1. The van der Waals surface area contributed by atoms with Crippen LogP contribution in [0, 0.1) is 6.92 Å². The molecule has 0 aliphatic carbocycles. The van der Waals surface area contributed by atoms with E-state index in [9.17, 15) is 4.79 Å². The predicted octanol–water partition coefficient (Wildman–Crippen LogP) is 2.86. The molecule has 0 fully saturated rings. The van der Waals surface area contributed by atoms with Gasteiger partial charge in [-0.2, -0.15) is 5.10 Å². The summed E-state index contributed by atoms with van der Waals surface area (Å²) in [6.45, 7) is 1.87. The van der Waals surface area contributed by atoms with Gasteiger partial charge in [0.2, 0.25) is 0 Å². The normalized spacial score (nSPS) is 10.8. The van der Waals surface area contributed by atoms with Crippen LogP contribution in [0.2, 0.25) is 0 Å². The lowest BCUT2D eigenvalue weighted by Gasteiger charge is -2.06. The van der Waals surface area contributed by atoms with Gasteiger partial charge in [-0.05, 0) is 52.7 Å². The average molecular weight is 346 g/mol. The molecule has 4 N–H and O–H groups in total. The molecule has 7 heteroatoms. The summed E-state index contributed by atoms with van der Waals surface area (Å²) in [6.07, 6.45) is 1.63. The van der Waals surface area contributed by atoms with Crippen molar-refractivity contribution in [3.8, 4) is 0 Å². The minimum Gasteiger partial charge on any atom is -0.399 e. The number of carbonyl (C=O) groups is 1. The lowest BCUT2D eigenvalue weighted by atomic mass is 10.2. The topological polar surface area (TPSA) is 96.7 Å². The monoisotopic (exact) mass is 345 g/mol. The van der Waals surface area contributed by atoms with Gasteiger partial charge in [0, 0.05) is 21.7 Å². The smallest absolute Gasteiger partial charge is 0.277 e. The number of amides is 1. The minimum atomic E-state index is -0.329. The number of anilines is 2. The summed E-state index contributed by atoms with van der Waals surface area (Å²) in [7, 11) is 0. The summed E-state index contributed by atoms with van der Waals surface area (Å²) in [5, 5.41) is 10.3. The second kappa shape index (κ2) is 5.17. The summed E-state index contributed by atoms with van der Waals surface area (Å²) in [6, 6.07) is 7.14. The van der Waals surface area contributed by atoms with E-state index < -0.39 is 0 Å². The van der Waals surface area contributed by atoms with Crippen LogP contribution in [0.15, 0.2) is 34.9 Å². The largest absolute Gasteiger partial charge is 0.399 e. The molecular weight excluding hydrogens is 334 g/mol. The van der Waals surface area contributed by atoms with E-state index in [1.807, 2.05) is 13.0 Å². The number of nitrogens with zero attached hydrogens (tertiary/aromatic N) is 2. The maximum Gasteiger partial charge on any atom is 0.277 e. The minimum absolute atomic E-state index is 0.293. The van der Waals surface area contributed by atoms with Crippen LogP contribution in [0.1, 0.15) is 16.1 Å². The van der Waals surface area contributed by atoms with Crippen LogP contribution < -0.4 is 11.1 Å². The molecule has 1 aromatic carbocycles. The zero-order chi connectivity index (χ0) is 15.0. The molecule has 106 valence electrons. The molecule has 0 saturated heterocycles. The number of rotatable bonds is 2. The Kier molecular flexibility index (Phi) is 3.34.